The molecule has 2 fully saturated rings. The number of carboxylic acids is 1. The van der Waals surface area contributed by atoms with E-state index < -0.39 is 62.9 Å². The summed E-state index contributed by atoms with van der Waals surface area (Å²) >= 11 is 0. The Bertz CT molecular complexity index is 1340. The Balaban J connectivity index is 1.67. The van der Waals surface area contributed by atoms with Crippen LogP contribution < -0.4 is 15.6 Å². The molecule has 33 heavy (non-hydrogen) atoms. The number of pyridine rings is 1. The van der Waals surface area contributed by atoms with E-state index in [2.05, 4.69) is 5.32 Å². The molecule has 172 valence electrons. The molecule has 2 N–H and O–H groups in total. The Morgan fingerprint density at radius 1 is 1.03 bits per heavy atom. The highest BCUT2D eigenvalue weighted by atomic mass is 19.2. The lowest BCUT2D eigenvalue weighted by molar-refractivity contribution is 0.0694. The molecule has 0 bridgehead atoms. The Hall–Kier alpha value is -3.40. The largest absolute Gasteiger partial charge is 0.477 e. The summed E-state index contributed by atoms with van der Waals surface area (Å²) in [6.07, 6.45) is 2.21. The van der Waals surface area contributed by atoms with Crippen LogP contribution in [0.3, 0.4) is 0 Å². The smallest absolute Gasteiger partial charge is 0.341 e. The summed E-state index contributed by atoms with van der Waals surface area (Å²) in [6, 6.07) is 4.98. The van der Waals surface area contributed by atoms with Crippen molar-refractivity contribution < 1.29 is 27.5 Å². The van der Waals surface area contributed by atoms with E-state index in [1.54, 1.807) is 12.1 Å². The minimum Gasteiger partial charge on any atom is -0.477 e. The maximum Gasteiger partial charge on any atom is 0.341 e. The van der Waals surface area contributed by atoms with Crippen LogP contribution >= 0.6 is 0 Å². The fourth-order valence-corrected chi connectivity index (χ4v) is 4.42. The van der Waals surface area contributed by atoms with Gasteiger partial charge in [0.15, 0.2) is 17.5 Å². The Morgan fingerprint density at radius 3 is 2.36 bits per heavy atom. The van der Waals surface area contributed by atoms with Crippen molar-refractivity contribution in [2.45, 2.75) is 24.9 Å². The summed E-state index contributed by atoms with van der Waals surface area (Å²) < 4.78 is 60.7. The molecule has 2 aliphatic rings. The number of hydrogen-bond acceptors (Lipinski definition) is 4. The van der Waals surface area contributed by atoms with Gasteiger partial charge in [-0.3, -0.25) is 4.79 Å². The van der Waals surface area contributed by atoms with E-state index in [1.165, 1.54) is 21.6 Å². The number of anilines is 1. The van der Waals surface area contributed by atoms with E-state index in [1.807, 2.05) is 0 Å². The number of piperazine rings is 1. The summed E-state index contributed by atoms with van der Waals surface area (Å²) in [5.74, 6) is -6.23. The van der Waals surface area contributed by atoms with Crippen LogP contribution in [0, 0.1) is 23.3 Å². The Labute approximate surface area is 185 Å². The predicted octanol–water partition coefficient (Wildman–Crippen LogP) is 3.74. The van der Waals surface area contributed by atoms with Crippen LogP contribution in [0.2, 0.25) is 0 Å². The van der Waals surface area contributed by atoms with Crippen molar-refractivity contribution in [3.63, 3.8) is 0 Å². The molecule has 1 aliphatic heterocycles. The van der Waals surface area contributed by atoms with Gasteiger partial charge in [-0.1, -0.05) is 12.1 Å². The SMILES string of the molecule is O=C(O)c1cn(C2CC2)c2c(F)c(N3CCNC(c4ccc(F)cc4)C3)c(F)c(F)c2c1=O. The summed E-state index contributed by atoms with van der Waals surface area (Å²) in [6.45, 7) is 0.566. The third kappa shape index (κ3) is 3.54. The van der Waals surface area contributed by atoms with Gasteiger partial charge in [-0.15, -0.1) is 0 Å². The molecule has 1 aromatic heterocycles. The molecule has 1 unspecified atom stereocenters. The lowest BCUT2D eigenvalue weighted by Crippen LogP contribution is -2.46. The third-order valence-electron chi connectivity index (χ3n) is 6.21. The van der Waals surface area contributed by atoms with E-state index in [4.69, 9.17) is 0 Å². The normalized spacial score (nSPS) is 18.7. The van der Waals surface area contributed by atoms with Gasteiger partial charge >= 0.3 is 5.97 Å². The monoisotopic (exact) mass is 461 g/mol. The fraction of sp³-hybridized carbons (Fsp3) is 0.304. The molecule has 2 heterocycles. The zero-order valence-electron chi connectivity index (χ0n) is 17.2. The van der Waals surface area contributed by atoms with E-state index in [0.29, 0.717) is 24.9 Å². The fourth-order valence-electron chi connectivity index (χ4n) is 4.42. The first-order valence-electron chi connectivity index (χ1n) is 10.5. The first kappa shape index (κ1) is 21.4. The van der Waals surface area contributed by atoms with Gasteiger partial charge in [0.05, 0.1) is 10.9 Å². The van der Waals surface area contributed by atoms with Gasteiger partial charge in [0.25, 0.3) is 0 Å². The molecule has 1 saturated heterocycles. The molecule has 3 aromatic rings. The first-order valence-corrected chi connectivity index (χ1v) is 10.5. The van der Waals surface area contributed by atoms with Crippen LogP contribution in [0.4, 0.5) is 23.2 Å². The standard InChI is InChI=1S/C23H19F4N3O3/c24-12-3-1-11(2-4-12)15-10-29(8-7-28-15)21-18(26)17(25)16-20(19(21)27)30(13-5-6-13)9-14(22(16)31)23(32)33/h1-4,9,13,15,28H,5-8,10H2,(H,32,33). The van der Waals surface area contributed by atoms with E-state index in [0.717, 1.165) is 6.20 Å². The molecule has 0 radical (unpaired) electrons. The highest BCUT2D eigenvalue weighted by molar-refractivity contribution is 5.94. The number of carboxylic acid groups (broad SMARTS) is 1. The maximum atomic E-state index is 15.8. The number of hydrogen-bond donors (Lipinski definition) is 2. The zero-order valence-corrected chi connectivity index (χ0v) is 17.2. The number of benzene rings is 2. The summed E-state index contributed by atoms with van der Waals surface area (Å²) in [5.41, 5.74) is -2.34. The number of nitrogens with zero attached hydrogens (tertiary/aromatic N) is 2. The van der Waals surface area contributed by atoms with Crippen LogP contribution in [0.25, 0.3) is 10.9 Å². The van der Waals surface area contributed by atoms with Gasteiger partial charge in [-0.2, -0.15) is 0 Å². The number of aromatic nitrogens is 1. The number of carbonyl (C=O) groups is 1. The molecule has 1 saturated carbocycles. The van der Waals surface area contributed by atoms with Crippen molar-refractivity contribution in [1.82, 2.24) is 9.88 Å². The average Bonchev–Trinajstić information content (AvgIpc) is 3.63. The quantitative estimate of drug-likeness (QED) is 0.458. The summed E-state index contributed by atoms with van der Waals surface area (Å²) in [5, 5.41) is 11.6. The van der Waals surface area contributed by atoms with Crippen LogP contribution in [-0.4, -0.2) is 35.3 Å². The third-order valence-corrected chi connectivity index (χ3v) is 6.21. The summed E-state index contributed by atoms with van der Waals surface area (Å²) in [4.78, 5) is 25.5. The van der Waals surface area contributed by atoms with Crippen LogP contribution in [0.5, 0.6) is 0 Å². The predicted molar refractivity (Wildman–Crippen MR) is 113 cm³/mol. The van der Waals surface area contributed by atoms with Gasteiger partial charge in [-0.25, -0.2) is 22.4 Å². The van der Waals surface area contributed by atoms with Gasteiger partial charge in [0, 0.05) is 37.9 Å². The summed E-state index contributed by atoms with van der Waals surface area (Å²) in [7, 11) is 0. The average molecular weight is 461 g/mol. The van der Waals surface area contributed by atoms with Gasteiger partial charge in [-0.05, 0) is 30.5 Å². The van der Waals surface area contributed by atoms with Crippen molar-refractivity contribution >= 4 is 22.6 Å². The van der Waals surface area contributed by atoms with Crippen molar-refractivity contribution in [2.24, 2.45) is 0 Å². The van der Waals surface area contributed by atoms with Crippen LogP contribution in [0.15, 0.2) is 35.3 Å². The minimum atomic E-state index is -1.59. The van der Waals surface area contributed by atoms with Crippen LogP contribution in [0.1, 0.15) is 40.8 Å². The second-order valence-electron chi connectivity index (χ2n) is 8.33. The topological polar surface area (TPSA) is 74.6 Å². The van der Waals surface area contributed by atoms with Gasteiger partial charge < -0.3 is 19.9 Å². The second kappa shape index (κ2) is 7.87. The second-order valence-corrected chi connectivity index (χ2v) is 8.33. The van der Waals surface area contributed by atoms with Crippen molar-refractivity contribution in [3.8, 4) is 0 Å². The first-order chi connectivity index (χ1) is 15.8. The van der Waals surface area contributed by atoms with E-state index in [9.17, 15) is 19.1 Å². The number of nitrogens with one attached hydrogen (secondary N) is 1. The molecule has 10 heteroatoms. The molecule has 6 nitrogen and oxygen atoms in total. The van der Waals surface area contributed by atoms with Gasteiger partial charge in [0.1, 0.15) is 17.1 Å². The van der Waals surface area contributed by atoms with E-state index >= 15 is 13.2 Å². The Morgan fingerprint density at radius 2 is 1.73 bits per heavy atom. The molecule has 1 atom stereocenters. The molecule has 1 aliphatic carbocycles. The molecular formula is C23H19F4N3O3. The molecule has 0 spiro atoms. The van der Waals surface area contributed by atoms with Gasteiger partial charge in [0.2, 0.25) is 5.43 Å². The number of halogens is 4. The minimum absolute atomic E-state index is 0.0747. The lowest BCUT2D eigenvalue weighted by Gasteiger charge is -2.36. The number of aromatic carboxylic acids is 1. The Kier molecular flexibility index (Phi) is 5.12. The highest BCUT2D eigenvalue weighted by Crippen LogP contribution is 2.41. The zero-order chi connectivity index (χ0) is 23.4. The van der Waals surface area contributed by atoms with Crippen molar-refractivity contribution in [1.29, 1.82) is 0 Å². The number of rotatable bonds is 4. The molecule has 0 amide bonds. The van der Waals surface area contributed by atoms with Crippen molar-refractivity contribution in [3.05, 3.63) is 75.1 Å². The highest BCUT2D eigenvalue weighted by Gasteiger charge is 2.35. The van der Waals surface area contributed by atoms with Crippen LogP contribution in [-0.2, 0) is 0 Å². The number of fused-ring (bicyclic) bond motifs is 1. The molecule has 2 aromatic carbocycles. The molecule has 5 rings (SSSR count). The lowest BCUT2D eigenvalue weighted by atomic mass is 10.0. The van der Waals surface area contributed by atoms with E-state index in [-0.39, 0.29) is 19.1 Å². The molecular weight excluding hydrogens is 442 g/mol. The maximum absolute atomic E-state index is 15.8. The van der Waals surface area contributed by atoms with Crippen molar-refractivity contribution in [2.75, 3.05) is 24.5 Å².